The molecule has 0 aliphatic carbocycles. The van der Waals surface area contributed by atoms with Crippen molar-refractivity contribution in [3.63, 3.8) is 0 Å². The zero-order valence-corrected chi connectivity index (χ0v) is 18.1. The summed E-state index contributed by atoms with van der Waals surface area (Å²) in [6.07, 6.45) is 0.429. The van der Waals surface area contributed by atoms with Gasteiger partial charge in [-0.25, -0.2) is 8.78 Å². The molecule has 1 N–H and O–H groups in total. The lowest BCUT2D eigenvalue weighted by molar-refractivity contribution is -0.176. The molecule has 28 heavy (non-hydrogen) atoms. The number of halogens is 3. The summed E-state index contributed by atoms with van der Waals surface area (Å²) in [5.74, 6) is -4.81. The molecular formula is C20H27BrF2O5. The number of ether oxygens (including phenoxy) is 2. The van der Waals surface area contributed by atoms with E-state index in [1.165, 1.54) is 6.92 Å². The van der Waals surface area contributed by atoms with Gasteiger partial charge in [-0.3, -0.25) is 9.59 Å². The molecule has 1 aromatic carbocycles. The molecule has 1 aromatic rings. The number of carbonyl (C=O) groups is 2. The fourth-order valence-corrected chi connectivity index (χ4v) is 3.38. The number of hydrogen-bond acceptors (Lipinski definition) is 5. The minimum atomic E-state index is -3.19. The molecule has 0 spiro atoms. The molecule has 0 aromatic heterocycles. The number of aliphatic hydroxyl groups is 1. The fourth-order valence-electron chi connectivity index (χ4n) is 2.27. The molecule has 5 nitrogen and oxygen atoms in total. The van der Waals surface area contributed by atoms with Crippen LogP contribution in [0.5, 0.6) is 0 Å². The van der Waals surface area contributed by atoms with E-state index >= 15 is 0 Å². The van der Waals surface area contributed by atoms with E-state index in [9.17, 15) is 23.5 Å². The molecule has 1 rings (SSSR count). The Hall–Kier alpha value is -1.54. The van der Waals surface area contributed by atoms with E-state index in [0.717, 1.165) is 5.56 Å². The molecule has 158 valence electrons. The first-order chi connectivity index (χ1) is 12.8. The molecule has 0 bridgehead atoms. The Morgan fingerprint density at radius 1 is 1.04 bits per heavy atom. The second-order valence-corrected chi connectivity index (χ2v) is 9.01. The maximum absolute atomic E-state index is 12.9. The molecule has 0 aliphatic heterocycles. The number of carbonyl (C=O) groups excluding carboxylic acids is 2. The van der Waals surface area contributed by atoms with Crippen LogP contribution in [0.1, 0.15) is 44.5 Å². The van der Waals surface area contributed by atoms with Crippen molar-refractivity contribution in [3.05, 3.63) is 35.9 Å². The Morgan fingerprint density at radius 2 is 1.57 bits per heavy atom. The van der Waals surface area contributed by atoms with Crippen LogP contribution in [0.25, 0.3) is 0 Å². The molecule has 2 unspecified atom stereocenters. The molecule has 0 aliphatic rings. The van der Waals surface area contributed by atoms with Crippen molar-refractivity contribution in [2.75, 3.05) is 19.8 Å². The summed E-state index contributed by atoms with van der Waals surface area (Å²) in [7, 11) is 0. The number of hydrogen-bond donors (Lipinski definition) is 1. The highest BCUT2D eigenvalue weighted by molar-refractivity contribution is 9.09. The average Bonchev–Trinajstić information content (AvgIpc) is 2.63. The average molecular weight is 465 g/mol. The first kappa shape index (κ1) is 24.5. The monoisotopic (exact) mass is 464 g/mol. The van der Waals surface area contributed by atoms with Gasteiger partial charge in [0.05, 0.1) is 12.0 Å². The van der Waals surface area contributed by atoms with Crippen molar-refractivity contribution in [1.82, 2.24) is 0 Å². The van der Waals surface area contributed by atoms with Crippen LogP contribution in [0.4, 0.5) is 8.78 Å². The third kappa shape index (κ3) is 7.47. The predicted octanol–water partition coefficient (Wildman–Crippen LogP) is 4.28. The van der Waals surface area contributed by atoms with Gasteiger partial charge in [-0.05, 0) is 32.8 Å². The van der Waals surface area contributed by atoms with Crippen molar-refractivity contribution in [1.29, 1.82) is 0 Å². The molecule has 0 saturated heterocycles. The summed E-state index contributed by atoms with van der Waals surface area (Å²) in [5, 5.41) is 9.51. The van der Waals surface area contributed by atoms with Crippen LogP contribution in [0, 0.1) is 10.8 Å². The Bertz CT molecular complexity index is 660. The Morgan fingerprint density at radius 3 is 2.07 bits per heavy atom. The van der Waals surface area contributed by atoms with Crippen LogP contribution in [-0.2, 0) is 19.1 Å². The van der Waals surface area contributed by atoms with Crippen LogP contribution >= 0.6 is 15.9 Å². The lowest BCUT2D eigenvalue weighted by atomic mass is 9.86. The molecular weight excluding hydrogens is 438 g/mol. The van der Waals surface area contributed by atoms with E-state index in [4.69, 9.17) is 4.74 Å². The Labute approximate surface area is 172 Å². The molecule has 0 fully saturated rings. The molecule has 0 amide bonds. The highest BCUT2D eigenvalue weighted by atomic mass is 79.9. The maximum Gasteiger partial charge on any atom is 0.317 e. The van der Waals surface area contributed by atoms with Crippen LogP contribution in [0.2, 0.25) is 0 Å². The molecule has 0 radical (unpaired) electrons. The van der Waals surface area contributed by atoms with Crippen molar-refractivity contribution in [2.24, 2.45) is 10.8 Å². The lowest BCUT2D eigenvalue weighted by Gasteiger charge is -2.29. The van der Waals surface area contributed by atoms with Gasteiger partial charge in [0.15, 0.2) is 6.61 Å². The third-order valence-electron chi connectivity index (χ3n) is 4.22. The van der Waals surface area contributed by atoms with E-state index in [2.05, 4.69) is 20.7 Å². The van der Waals surface area contributed by atoms with E-state index in [1.54, 1.807) is 13.8 Å². The number of alkyl halides is 3. The first-order valence-electron chi connectivity index (χ1n) is 8.83. The van der Waals surface area contributed by atoms with Crippen LogP contribution in [0.3, 0.4) is 0 Å². The number of rotatable bonds is 10. The maximum atomic E-state index is 12.9. The largest absolute Gasteiger partial charge is 0.464 e. The van der Waals surface area contributed by atoms with Gasteiger partial charge in [0, 0.05) is 11.8 Å². The zero-order chi connectivity index (χ0) is 21.6. The molecule has 0 heterocycles. The van der Waals surface area contributed by atoms with E-state index in [1.807, 2.05) is 30.3 Å². The van der Waals surface area contributed by atoms with Crippen LogP contribution in [-0.4, -0.2) is 42.8 Å². The third-order valence-corrected chi connectivity index (χ3v) is 5.08. The summed E-state index contributed by atoms with van der Waals surface area (Å²) in [6, 6.07) is 9.55. The smallest absolute Gasteiger partial charge is 0.317 e. The van der Waals surface area contributed by atoms with Gasteiger partial charge in [-0.1, -0.05) is 46.3 Å². The summed E-state index contributed by atoms with van der Waals surface area (Å²) in [4.78, 5) is 24.5. The van der Waals surface area contributed by atoms with Crippen LogP contribution in [0.15, 0.2) is 30.3 Å². The summed E-state index contributed by atoms with van der Waals surface area (Å²) < 4.78 is 35.6. The summed E-state index contributed by atoms with van der Waals surface area (Å²) >= 11 is 3.56. The van der Waals surface area contributed by atoms with Crippen molar-refractivity contribution >= 4 is 27.9 Å². The minimum Gasteiger partial charge on any atom is -0.464 e. The normalized spacial score (nSPS) is 15.4. The number of benzene rings is 1. The topological polar surface area (TPSA) is 72.8 Å². The summed E-state index contributed by atoms with van der Waals surface area (Å²) in [6.45, 7) is 3.03. The molecule has 0 saturated carbocycles. The van der Waals surface area contributed by atoms with E-state index < -0.39 is 48.5 Å². The Kier molecular flexibility index (Phi) is 8.56. The van der Waals surface area contributed by atoms with Gasteiger partial charge >= 0.3 is 11.9 Å². The second kappa shape index (κ2) is 9.78. The van der Waals surface area contributed by atoms with Gasteiger partial charge in [0.2, 0.25) is 0 Å². The highest BCUT2D eigenvalue weighted by Crippen LogP contribution is 2.37. The zero-order valence-electron chi connectivity index (χ0n) is 16.5. The van der Waals surface area contributed by atoms with Gasteiger partial charge in [-0.15, -0.1) is 0 Å². The SMILES string of the molecule is CC(F)(F)COC(=O)C(C)(CO)COC(=O)C(C)(C)CC(Br)c1ccccc1. The van der Waals surface area contributed by atoms with Gasteiger partial charge in [0.25, 0.3) is 5.92 Å². The van der Waals surface area contributed by atoms with Crippen molar-refractivity contribution in [3.8, 4) is 0 Å². The van der Waals surface area contributed by atoms with Crippen molar-refractivity contribution in [2.45, 2.75) is 44.9 Å². The van der Waals surface area contributed by atoms with Crippen LogP contribution < -0.4 is 0 Å². The standard InChI is InChI=1S/C20H27BrF2O5/c1-18(2,10-15(21)14-8-6-5-7-9-14)16(25)27-12-19(3,11-24)17(26)28-13-20(4,22)23/h5-9,15,24H,10-13H2,1-4H3. The van der Waals surface area contributed by atoms with Gasteiger partial charge < -0.3 is 14.6 Å². The lowest BCUT2D eigenvalue weighted by Crippen LogP contribution is -2.41. The molecule has 2 atom stereocenters. The predicted molar refractivity (Wildman–Crippen MR) is 104 cm³/mol. The molecule has 8 heteroatoms. The fraction of sp³-hybridized carbons (Fsp3) is 0.600. The minimum absolute atomic E-state index is 0.0859. The Balaban J connectivity index is 2.69. The van der Waals surface area contributed by atoms with Gasteiger partial charge in [0.1, 0.15) is 12.0 Å². The number of esters is 2. The van der Waals surface area contributed by atoms with E-state index in [0.29, 0.717) is 13.3 Å². The summed E-state index contributed by atoms with van der Waals surface area (Å²) in [5.41, 5.74) is -1.50. The second-order valence-electron chi connectivity index (χ2n) is 7.91. The van der Waals surface area contributed by atoms with E-state index in [-0.39, 0.29) is 4.83 Å². The first-order valence-corrected chi connectivity index (χ1v) is 9.74. The van der Waals surface area contributed by atoms with Crippen molar-refractivity contribution < 1.29 is 33.0 Å². The van der Waals surface area contributed by atoms with Gasteiger partial charge in [-0.2, -0.15) is 0 Å². The quantitative estimate of drug-likeness (QED) is 0.413. The highest BCUT2D eigenvalue weighted by Gasteiger charge is 2.40. The number of aliphatic hydroxyl groups excluding tert-OH is 1.